The van der Waals surface area contributed by atoms with Crippen molar-refractivity contribution in [3.63, 3.8) is 0 Å². The predicted molar refractivity (Wildman–Crippen MR) is 188 cm³/mol. The van der Waals surface area contributed by atoms with E-state index in [0.717, 1.165) is 10.9 Å². The SMILES string of the molecule is c1ccc2cc(-c3ccc(-c4c5ccccc5c(-c5cccc6ccccc56)c5ncccc45)c4ccccc34)ccc2c1. The summed E-state index contributed by atoms with van der Waals surface area (Å²) < 4.78 is 0. The van der Waals surface area contributed by atoms with Gasteiger partial charge in [0, 0.05) is 17.1 Å². The van der Waals surface area contributed by atoms with Gasteiger partial charge in [0.05, 0.1) is 5.52 Å². The molecule has 0 aliphatic heterocycles. The van der Waals surface area contributed by atoms with Crippen LogP contribution in [0.4, 0.5) is 0 Å². The molecule has 9 rings (SSSR count). The molecule has 0 fully saturated rings. The lowest BCUT2D eigenvalue weighted by molar-refractivity contribution is 1.42. The summed E-state index contributed by atoms with van der Waals surface area (Å²) in [6.45, 7) is 0. The molecule has 0 bridgehead atoms. The summed E-state index contributed by atoms with van der Waals surface area (Å²) >= 11 is 0. The molecule has 8 aromatic carbocycles. The maximum atomic E-state index is 5.07. The highest BCUT2D eigenvalue weighted by Gasteiger charge is 2.20. The topological polar surface area (TPSA) is 12.9 Å². The molecule has 1 heteroatoms. The van der Waals surface area contributed by atoms with Gasteiger partial charge in [-0.1, -0.05) is 146 Å². The summed E-state index contributed by atoms with van der Waals surface area (Å²) in [4.78, 5) is 5.07. The maximum Gasteiger partial charge on any atom is 0.0793 e. The van der Waals surface area contributed by atoms with Crippen molar-refractivity contribution in [3.8, 4) is 33.4 Å². The molecule has 0 aliphatic carbocycles. The number of benzene rings is 8. The van der Waals surface area contributed by atoms with E-state index in [1.807, 2.05) is 6.20 Å². The molecular weight excluding hydrogens is 530 g/mol. The van der Waals surface area contributed by atoms with Gasteiger partial charge in [-0.2, -0.15) is 0 Å². The molecule has 0 radical (unpaired) electrons. The molecule has 0 atom stereocenters. The Balaban J connectivity index is 1.37. The maximum absolute atomic E-state index is 5.07. The van der Waals surface area contributed by atoms with Crippen LogP contribution < -0.4 is 0 Å². The first kappa shape index (κ1) is 24.8. The van der Waals surface area contributed by atoms with Gasteiger partial charge in [0.2, 0.25) is 0 Å². The smallest absolute Gasteiger partial charge is 0.0793 e. The average molecular weight is 558 g/mol. The van der Waals surface area contributed by atoms with E-state index >= 15 is 0 Å². The molecule has 0 saturated heterocycles. The lowest BCUT2D eigenvalue weighted by Crippen LogP contribution is -1.94. The highest BCUT2D eigenvalue weighted by Crippen LogP contribution is 2.46. The monoisotopic (exact) mass is 557 g/mol. The Kier molecular flexibility index (Phi) is 5.57. The van der Waals surface area contributed by atoms with Gasteiger partial charge < -0.3 is 0 Å². The zero-order valence-electron chi connectivity index (χ0n) is 24.0. The fraction of sp³-hybridized carbons (Fsp3) is 0. The van der Waals surface area contributed by atoms with Gasteiger partial charge in [0.15, 0.2) is 0 Å². The predicted octanol–water partition coefficient (Wildman–Crippen LogP) is 11.8. The molecule has 44 heavy (non-hydrogen) atoms. The third kappa shape index (κ3) is 3.76. The molecule has 9 aromatic rings. The Labute approximate surface area is 255 Å². The van der Waals surface area contributed by atoms with Crippen molar-refractivity contribution in [2.75, 3.05) is 0 Å². The molecule has 0 unspecified atom stereocenters. The van der Waals surface area contributed by atoms with Crippen LogP contribution in [0.15, 0.2) is 164 Å². The van der Waals surface area contributed by atoms with E-state index < -0.39 is 0 Å². The van der Waals surface area contributed by atoms with E-state index in [4.69, 9.17) is 4.98 Å². The van der Waals surface area contributed by atoms with Gasteiger partial charge >= 0.3 is 0 Å². The van der Waals surface area contributed by atoms with Crippen LogP contribution in [0.5, 0.6) is 0 Å². The zero-order chi connectivity index (χ0) is 29.0. The third-order valence-electron chi connectivity index (χ3n) is 9.09. The normalized spacial score (nSPS) is 11.6. The lowest BCUT2D eigenvalue weighted by atomic mass is 9.84. The first-order valence-electron chi connectivity index (χ1n) is 15.1. The van der Waals surface area contributed by atoms with Crippen LogP contribution in [0.3, 0.4) is 0 Å². The average Bonchev–Trinajstić information content (AvgIpc) is 3.10. The van der Waals surface area contributed by atoms with Crippen molar-refractivity contribution in [2.45, 2.75) is 0 Å². The van der Waals surface area contributed by atoms with Crippen LogP contribution >= 0.6 is 0 Å². The van der Waals surface area contributed by atoms with Crippen molar-refractivity contribution >= 4 is 54.0 Å². The fourth-order valence-electron chi connectivity index (χ4n) is 7.13. The molecule has 204 valence electrons. The summed E-state index contributed by atoms with van der Waals surface area (Å²) in [5.41, 5.74) is 8.36. The number of aromatic nitrogens is 1. The van der Waals surface area contributed by atoms with Crippen LogP contribution in [0, 0.1) is 0 Å². The minimum atomic E-state index is 1.03. The molecule has 1 heterocycles. The van der Waals surface area contributed by atoms with Crippen LogP contribution in [0.1, 0.15) is 0 Å². The van der Waals surface area contributed by atoms with Crippen LogP contribution in [-0.4, -0.2) is 4.98 Å². The second-order valence-corrected chi connectivity index (χ2v) is 11.5. The Morgan fingerprint density at radius 3 is 1.70 bits per heavy atom. The number of pyridine rings is 1. The Hall–Kier alpha value is -5.79. The number of hydrogen-bond donors (Lipinski definition) is 0. The van der Waals surface area contributed by atoms with E-state index in [2.05, 4.69) is 158 Å². The van der Waals surface area contributed by atoms with E-state index in [1.165, 1.54) is 76.5 Å². The molecule has 0 spiro atoms. The Bertz CT molecular complexity index is 2500. The highest BCUT2D eigenvalue weighted by atomic mass is 14.7. The molecule has 0 aliphatic rings. The Morgan fingerprint density at radius 1 is 0.318 bits per heavy atom. The van der Waals surface area contributed by atoms with Gasteiger partial charge in [-0.25, -0.2) is 0 Å². The minimum Gasteiger partial charge on any atom is -0.256 e. The van der Waals surface area contributed by atoms with Crippen LogP contribution in [-0.2, 0) is 0 Å². The van der Waals surface area contributed by atoms with E-state index in [9.17, 15) is 0 Å². The van der Waals surface area contributed by atoms with Crippen molar-refractivity contribution in [3.05, 3.63) is 164 Å². The highest BCUT2D eigenvalue weighted by molar-refractivity contribution is 6.24. The fourth-order valence-corrected chi connectivity index (χ4v) is 7.13. The molecule has 0 saturated carbocycles. The number of hydrogen-bond acceptors (Lipinski definition) is 1. The summed E-state index contributed by atoms with van der Waals surface area (Å²) in [5.74, 6) is 0. The molecule has 1 aromatic heterocycles. The molecular formula is C43H27N. The number of fused-ring (bicyclic) bond motifs is 5. The summed E-state index contributed by atoms with van der Waals surface area (Å²) in [6, 6.07) is 57.2. The van der Waals surface area contributed by atoms with Crippen LogP contribution in [0.25, 0.3) is 87.4 Å². The Morgan fingerprint density at radius 2 is 0.886 bits per heavy atom. The van der Waals surface area contributed by atoms with Crippen molar-refractivity contribution < 1.29 is 0 Å². The van der Waals surface area contributed by atoms with Crippen LogP contribution in [0.2, 0.25) is 0 Å². The van der Waals surface area contributed by atoms with Gasteiger partial charge in [-0.15, -0.1) is 0 Å². The third-order valence-corrected chi connectivity index (χ3v) is 9.09. The quantitative estimate of drug-likeness (QED) is 0.197. The zero-order valence-corrected chi connectivity index (χ0v) is 24.0. The minimum absolute atomic E-state index is 1.03. The summed E-state index contributed by atoms with van der Waals surface area (Å²) in [5, 5.41) is 11.1. The molecule has 1 nitrogen and oxygen atoms in total. The number of nitrogens with zero attached hydrogens (tertiary/aromatic N) is 1. The van der Waals surface area contributed by atoms with Gasteiger partial charge in [0.1, 0.15) is 0 Å². The van der Waals surface area contributed by atoms with Gasteiger partial charge in [0.25, 0.3) is 0 Å². The standard InChI is InChI=1S/C43H27N/c1-2-13-30-27-31(23-22-28(30)11-1)33-24-25-39(35-17-6-5-16-34(33)35)41-37-18-7-8-19-38(37)42(43-40(41)21-10-26-44-43)36-20-9-14-29-12-3-4-15-32(29)36/h1-27H. The van der Waals surface area contributed by atoms with Gasteiger partial charge in [-0.05, 0) is 83.0 Å². The van der Waals surface area contributed by atoms with E-state index in [0.29, 0.717) is 0 Å². The van der Waals surface area contributed by atoms with E-state index in [1.54, 1.807) is 0 Å². The number of rotatable bonds is 3. The van der Waals surface area contributed by atoms with E-state index in [-0.39, 0.29) is 0 Å². The summed E-state index contributed by atoms with van der Waals surface area (Å²) in [7, 11) is 0. The largest absolute Gasteiger partial charge is 0.256 e. The first-order chi connectivity index (χ1) is 21.8. The van der Waals surface area contributed by atoms with Crippen molar-refractivity contribution in [1.29, 1.82) is 0 Å². The second-order valence-electron chi connectivity index (χ2n) is 11.5. The van der Waals surface area contributed by atoms with Crippen molar-refractivity contribution in [1.82, 2.24) is 4.98 Å². The lowest BCUT2D eigenvalue weighted by Gasteiger charge is -2.19. The molecule has 0 amide bonds. The molecule has 0 N–H and O–H groups in total. The summed E-state index contributed by atoms with van der Waals surface area (Å²) in [6.07, 6.45) is 1.93. The van der Waals surface area contributed by atoms with Gasteiger partial charge in [-0.3, -0.25) is 4.98 Å². The van der Waals surface area contributed by atoms with Crippen molar-refractivity contribution in [2.24, 2.45) is 0 Å². The second kappa shape index (κ2) is 9.90. The first-order valence-corrected chi connectivity index (χ1v) is 15.1.